The first kappa shape index (κ1) is 13.7. The molecule has 3 nitrogen and oxygen atoms in total. The van der Waals surface area contributed by atoms with Gasteiger partial charge in [-0.05, 0) is 57.2 Å². The number of hydrogen-bond donors (Lipinski definition) is 1. The number of benzene rings is 1. The molecule has 1 aromatic carbocycles. The SMILES string of the molecule is Fc1cc(F)c2[nH]c(=S)n(CCCN3CCCC3)c2c1. The van der Waals surface area contributed by atoms with Crippen LogP contribution in [0.2, 0.25) is 0 Å². The second-order valence-corrected chi connectivity index (χ2v) is 5.65. The number of aryl methyl sites for hydroxylation is 1. The number of halogens is 2. The van der Waals surface area contributed by atoms with Crippen molar-refractivity contribution in [3.8, 4) is 0 Å². The predicted molar refractivity (Wildman–Crippen MR) is 77.3 cm³/mol. The maximum Gasteiger partial charge on any atom is 0.178 e. The van der Waals surface area contributed by atoms with E-state index < -0.39 is 11.6 Å². The number of imidazole rings is 1. The zero-order valence-electron chi connectivity index (χ0n) is 11.2. The lowest BCUT2D eigenvalue weighted by Gasteiger charge is -2.14. The highest BCUT2D eigenvalue weighted by Gasteiger charge is 2.13. The predicted octanol–water partition coefficient (Wildman–Crippen LogP) is 3.46. The van der Waals surface area contributed by atoms with Gasteiger partial charge in [-0.3, -0.25) is 0 Å². The van der Waals surface area contributed by atoms with Crippen molar-refractivity contribution in [1.82, 2.24) is 14.5 Å². The summed E-state index contributed by atoms with van der Waals surface area (Å²) in [6.45, 7) is 4.00. The molecule has 20 heavy (non-hydrogen) atoms. The van der Waals surface area contributed by atoms with Crippen LogP contribution in [0.15, 0.2) is 12.1 Å². The van der Waals surface area contributed by atoms with Crippen molar-refractivity contribution in [2.75, 3.05) is 19.6 Å². The molecule has 1 N–H and O–H groups in total. The second kappa shape index (κ2) is 5.61. The van der Waals surface area contributed by atoms with Crippen molar-refractivity contribution < 1.29 is 8.78 Å². The van der Waals surface area contributed by atoms with Crippen LogP contribution in [-0.2, 0) is 6.54 Å². The molecule has 0 spiro atoms. The minimum Gasteiger partial charge on any atom is -0.328 e. The number of H-pyrrole nitrogens is 1. The fourth-order valence-corrected chi connectivity index (χ4v) is 3.15. The number of likely N-dealkylation sites (tertiary alicyclic amines) is 1. The molecule has 1 aromatic heterocycles. The molecule has 2 aromatic rings. The van der Waals surface area contributed by atoms with Crippen molar-refractivity contribution in [2.45, 2.75) is 25.8 Å². The Morgan fingerprint density at radius 3 is 2.65 bits per heavy atom. The Hall–Kier alpha value is -1.27. The molecule has 108 valence electrons. The van der Waals surface area contributed by atoms with Gasteiger partial charge in [0, 0.05) is 12.6 Å². The molecule has 1 fully saturated rings. The zero-order valence-corrected chi connectivity index (χ0v) is 12.0. The van der Waals surface area contributed by atoms with E-state index in [1.807, 2.05) is 0 Å². The molecule has 0 saturated carbocycles. The van der Waals surface area contributed by atoms with Crippen LogP contribution in [0.1, 0.15) is 19.3 Å². The summed E-state index contributed by atoms with van der Waals surface area (Å²) in [6.07, 6.45) is 3.46. The molecule has 0 unspecified atom stereocenters. The molecule has 1 aliphatic heterocycles. The lowest BCUT2D eigenvalue weighted by atomic mass is 10.3. The highest BCUT2D eigenvalue weighted by Crippen LogP contribution is 2.20. The van der Waals surface area contributed by atoms with E-state index in [9.17, 15) is 8.78 Å². The van der Waals surface area contributed by atoms with Crippen LogP contribution >= 0.6 is 12.2 Å². The average molecular weight is 297 g/mol. The van der Waals surface area contributed by atoms with Crippen LogP contribution in [0.5, 0.6) is 0 Å². The van der Waals surface area contributed by atoms with Crippen LogP contribution in [0.4, 0.5) is 8.78 Å². The van der Waals surface area contributed by atoms with Crippen molar-refractivity contribution in [1.29, 1.82) is 0 Å². The number of hydrogen-bond acceptors (Lipinski definition) is 2. The van der Waals surface area contributed by atoms with E-state index in [1.165, 1.54) is 18.9 Å². The van der Waals surface area contributed by atoms with Crippen LogP contribution in [-0.4, -0.2) is 34.1 Å². The maximum atomic E-state index is 13.7. The molecule has 1 saturated heterocycles. The highest BCUT2D eigenvalue weighted by molar-refractivity contribution is 7.71. The molecule has 0 aliphatic carbocycles. The lowest BCUT2D eigenvalue weighted by Crippen LogP contribution is -2.21. The summed E-state index contributed by atoms with van der Waals surface area (Å²) in [5, 5.41) is 0. The Bertz CT molecular complexity index is 671. The van der Waals surface area contributed by atoms with Gasteiger partial charge in [-0.15, -0.1) is 0 Å². The fraction of sp³-hybridized carbons (Fsp3) is 0.500. The number of fused-ring (bicyclic) bond motifs is 1. The van der Waals surface area contributed by atoms with Crippen LogP contribution in [0.3, 0.4) is 0 Å². The summed E-state index contributed by atoms with van der Waals surface area (Å²) in [5.74, 6) is -1.17. The van der Waals surface area contributed by atoms with E-state index in [1.54, 1.807) is 4.57 Å². The molecule has 0 atom stereocenters. The van der Waals surface area contributed by atoms with E-state index in [0.29, 0.717) is 16.8 Å². The Morgan fingerprint density at radius 1 is 1.15 bits per heavy atom. The summed E-state index contributed by atoms with van der Waals surface area (Å²) < 4.78 is 29.2. The topological polar surface area (TPSA) is 24.0 Å². The number of rotatable bonds is 4. The first-order chi connectivity index (χ1) is 9.65. The molecular weight excluding hydrogens is 280 g/mol. The van der Waals surface area contributed by atoms with Crippen LogP contribution in [0, 0.1) is 16.4 Å². The molecule has 1 aliphatic rings. The van der Waals surface area contributed by atoms with Gasteiger partial charge in [0.1, 0.15) is 11.3 Å². The smallest absolute Gasteiger partial charge is 0.178 e. The molecule has 6 heteroatoms. The van der Waals surface area contributed by atoms with Crippen molar-refractivity contribution >= 4 is 23.3 Å². The first-order valence-electron chi connectivity index (χ1n) is 6.95. The lowest BCUT2D eigenvalue weighted by molar-refractivity contribution is 0.326. The van der Waals surface area contributed by atoms with Gasteiger partial charge in [0.25, 0.3) is 0 Å². The van der Waals surface area contributed by atoms with Gasteiger partial charge in [0.2, 0.25) is 0 Å². The van der Waals surface area contributed by atoms with Crippen LogP contribution < -0.4 is 0 Å². The normalized spacial score (nSPS) is 16.3. The van der Waals surface area contributed by atoms with E-state index >= 15 is 0 Å². The summed E-state index contributed by atoms with van der Waals surface area (Å²) in [7, 11) is 0. The average Bonchev–Trinajstić information content (AvgIpc) is 3.00. The Kier molecular flexibility index (Phi) is 3.85. The van der Waals surface area contributed by atoms with Gasteiger partial charge in [0.05, 0.1) is 5.52 Å². The largest absolute Gasteiger partial charge is 0.328 e. The van der Waals surface area contributed by atoms with E-state index in [-0.39, 0.29) is 5.52 Å². The van der Waals surface area contributed by atoms with Crippen LogP contribution in [0.25, 0.3) is 11.0 Å². The van der Waals surface area contributed by atoms with E-state index in [2.05, 4.69) is 9.88 Å². The van der Waals surface area contributed by atoms with E-state index in [0.717, 1.165) is 32.1 Å². The van der Waals surface area contributed by atoms with Gasteiger partial charge in [-0.1, -0.05) is 0 Å². The molecule has 0 radical (unpaired) electrons. The molecule has 0 amide bonds. The summed E-state index contributed by atoms with van der Waals surface area (Å²) in [6, 6.07) is 2.21. The van der Waals surface area contributed by atoms with Gasteiger partial charge in [0.15, 0.2) is 10.6 Å². The highest BCUT2D eigenvalue weighted by atomic mass is 32.1. The second-order valence-electron chi connectivity index (χ2n) is 5.27. The zero-order chi connectivity index (χ0) is 14.1. The third-order valence-corrected chi connectivity index (χ3v) is 4.18. The third kappa shape index (κ3) is 2.62. The summed E-state index contributed by atoms with van der Waals surface area (Å²) >= 11 is 5.21. The Labute approximate surface area is 121 Å². The van der Waals surface area contributed by atoms with Crippen molar-refractivity contribution in [2.24, 2.45) is 0 Å². The molecule has 0 bridgehead atoms. The van der Waals surface area contributed by atoms with Gasteiger partial charge in [-0.25, -0.2) is 8.78 Å². The van der Waals surface area contributed by atoms with Gasteiger partial charge in [-0.2, -0.15) is 0 Å². The third-order valence-electron chi connectivity index (χ3n) is 3.86. The number of nitrogens with one attached hydrogen (secondary N) is 1. The van der Waals surface area contributed by atoms with Gasteiger partial charge < -0.3 is 14.5 Å². The fourth-order valence-electron chi connectivity index (χ4n) is 2.86. The molecule has 2 heterocycles. The minimum absolute atomic E-state index is 0.289. The van der Waals surface area contributed by atoms with Crippen molar-refractivity contribution in [3.63, 3.8) is 0 Å². The number of aromatic nitrogens is 2. The number of nitrogens with zero attached hydrogens (tertiary/aromatic N) is 2. The molecule has 3 rings (SSSR count). The van der Waals surface area contributed by atoms with E-state index in [4.69, 9.17) is 12.2 Å². The first-order valence-corrected chi connectivity index (χ1v) is 7.36. The Morgan fingerprint density at radius 2 is 1.90 bits per heavy atom. The standard InChI is InChI=1S/C14H17F2N3S/c15-10-8-11(16)13-12(9-10)19(14(20)17-13)7-3-6-18-4-1-2-5-18/h8-9H,1-7H2,(H,17,20). The Balaban J connectivity index is 1.80. The number of aromatic amines is 1. The van der Waals surface area contributed by atoms with Crippen molar-refractivity contribution in [3.05, 3.63) is 28.5 Å². The van der Waals surface area contributed by atoms with Gasteiger partial charge >= 0.3 is 0 Å². The monoisotopic (exact) mass is 297 g/mol. The molecular formula is C14H17F2N3S. The summed E-state index contributed by atoms with van der Waals surface area (Å²) in [5.41, 5.74) is 0.798. The quantitative estimate of drug-likeness (QED) is 0.874. The summed E-state index contributed by atoms with van der Waals surface area (Å²) in [4.78, 5) is 5.24. The maximum absolute atomic E-state index is 13.7. The minimum atomic E-state index is -0.593.